The summed E-state index contributed by atoms with van der Waals surface area (Å²) in [7, 11) is 0. The second-order valence-electron chi connectivity index (χ2n) is 11.8. The fourth-order valence-electron chi connectivity index (χ4n) is 6.95. The van der Waals surface area contributed by atoms with Gasteiger partial charge in [0.2, 0.25) is 0 Å². The lowest BCUT2D eigenvalue weighted by Gasteiger charge is -2.19. The van der Waals surface area contributed by atoms with Gasteiger partial charge in [-0.15, -0.1) is 11.3 Å². The van der Waals surface area contributed by atoms with Crippen molar-refractivity contribution < 1.29 is 4.74 Å². The smallest absolute Gasteiger partial charge is 0.196 e. The number of ether oxygens (including phenoxy) is 1. The first kappa shape index (κ1) is 26.8. The lowest BCUT2D eigenvalue weighted by Crippen LogP contribution is -2.17. The second-order valence-corrected chi connectivity index (χ2v) is 12.9. The van der Waals surface area contributed by atoms with Crippen molar-refractivity contribution in [2.24, 2.45) is 0 Å². The molecule has 1 aliphatic rings. The quantitative estimate of drug-likeness (QED) is 0.210. The Kier molecular flexibility index (Phi) is 6.29. The monoisotopic (exact) mass is 610 g/mol. The fourth-order valence-corrected chi connectivity index (χ4v) is 8.10. The van der Waals surface area contributed by atoms with Crippen LogP contribution in [0.5, 0.6) is 0 Å². The Morgan fingerprint density at radius 2 is 1.26 bits per heavy atom. The van der Waals surface area contributed by atoms with Gasteiger partial charge in [0.15, 0.2) is 6.23 Å². The molecule has 8 aromatic rings. The first-order chi connectivity index (χ1) is 22.7. The summed E-state index contributed by atoms with van der Waals surface area (Å²) in [4.78, 5) is 1.26. The van der Waals surface area contributed by atoms with Crippen LogP contribution in [0.3, 0.4) is 0 Å². The van der Waals surface area contributed by atoms with E-state index in [1.54, 1.807) is 0 Å². The van der Waals surface area contributed by atoms with Gasteiger partial charge in [0.1, 0.15) is 6.26 Å². The van der Waals surface area contributed by atoms with Gasteiger partial charge in [-0.05, 0) is 59.2 Å². The predicted octanol–water partition coefficient (Wildman–Crippen LogP) is 11.2. The number of thiophene rings is 1. The largest absolute Gasteiger partial charge is 0.472 e. The van der Waals surface area contributed by atoms with Crippen LogP contribution in [0.4, 0.5) is 0 Å². The number of hydrogen-bond donors (Lipinski definition) is 1. The van der Waals surface area contributed by atoms with Crippen LogP contribution in [0, 0.1) is 6.92 Å². The molecule has 46 heavy (non-hydrogen) atoms. The molecule has 6 aromatic carbocycles. The van der Waals surface area contributed by atoms with Crippen LogP contribution >= 0.6 is 11.3 Å². The van der Waals surface area contributed by atoms with E-state index in [0.717, 1.165) is 28.1 Å². The number of aryl methyl sites for hydroxylation is 1. The number of hydrogen-bond acceptors (Lipinski definition) is 3. The predicted molar refractivity (Wildman–Crippen MR) is 194 cm³/mol. The van der Waals surface area contributed by atoms with Crippen molar-refractivity contribution in [3.63, 3.8) is 0 Å². The number of allylic oxidation sites excluding steroid dienone is 1. The first-order valence-corrected chi connectivity index (χ1v) is 16.4. The molecule has 0 radical (unpaired) electrons. The van der Waals surface area contributed by atoms with Crippen molar-refractivity contribution in [1.82, 2.24) is 9.88 Å². The molecular weight excluding hydrogens is 581 g/mol. The van der Waals surface area contributed by atoms with Crippen molar-refractivity contribution in [3.05, 3.63) is 173 Å². The van der Waals surface area contributed by atoms with Gasteiger partial charge < -0.3 is 14.6 Å². The van der Waals surface area contributed by atoms with Gasteiger partial charge in [-0.1, -0.05) is 115 Å². The lowest BCUT2D eigenvalue weighted by molar-refractivity contribution is 0.156. The summed E-state index contributed by atoms with van der Waals surface area (Å²) in [6, 6.07) is 49.7. The maximum Gasteiger partial charge on any atom is 0.196 e. The summed E-state index contributed by atoms with van der Waals surface area (Å²) in [5.41, 5.74) is 9.22. The van der Waals surface area contributed by atoms with Crippen LogP contribution in [0.1, 0.15) is 27.8 Å². The highest BCUT2D eigenvalue weighted by Crippen LogP contribution is 2.40. The molecule has 1 N–H and O–H groups in total. The van der Waals surface area contributed by atoms with E-state index in [0.29, 0.717) is 0 Å². The third-order valence-corrected chi connectivity index (χ3v) is 10.4. The molecule has 4 heteroatoms. The van der Waals surface area contributed by atoms with Crippen molar-refractivity contribution >= 4 is 65.7 Å². The van der Waals surface area contributed by atoms with E-state index in [2.05, 4.69) is 162 Å². The molecule has 0 fully saturated rings. The Labute approximate surface area is 271 Å². The van der Waals surface area contributed by atoms with Crippen LogP contribution in [0.2, 0.25) is 0 Å². The third kappa shape index (κ3) is 4.26. The van der Waals surface area contributed by atoms with E-state index in [9.17, 15) is 0 Å². The van der Waals surface area contributed by atoms with E-state index in [-0.39, 0.29) is 6.23 Å². The third-order valence-electron chi connectivity index (χ3n) is 9.18. The van der Waals surface area contributed by atoms with Crippen molar-refractivity contribution in [3.8, 4) is 5.69 Å². The summed E-state index contributed by atoms with van der Waals surface area (Å²) >= 11 is 1.83. The topological polar surface area (TPSA) is 26.2 Å². The zero-order chi connectivity index (χ0) is 30.6. The zero-order valence-corrected chi connectivity index (χ0v) is 26.1. The van der Waals surface area contributed by atoms with Crippen LogP contribution in [-0.4, -0.2) is 4.57 Å². The number of fused-ring (bicyclic) bond motifs is 5. The number of para-hydroxylation sites is 2. The maximum atomic E-state index is 6.44. The Morgan fingerprint density at radius 3 is 1.98 bits per heavy atom. The minimum atomic E-state index is -0.317. The molecule has 3 heterocycles. The van der Waals surface area contributed by atoms with Crippen LogP contribution < -0.4 is 5.32 Å². The molecule has 1 aliphatic heterocycles. The highest BCUT2D eigenvalue weighted by Gasteiger charge is 2.25. The van der Waals surface area contributed by atoms with Crippen LogP contribution in [0.15, 0.2) is 151 Å². The van der Waals surface area contributed by atoms with Crippen molar-refractivity contribution in [2.45, 2.75) is 13.2 Å². The number of nitrogens with one attached hydrogen (secondary N) is 1. The maximum absolute atomic E-state index is 6.44. The average Bonchev–Trinajstić information content (AvgIpc) is 3.82. The molecule has 3 nitrogen and oxygen atoms in total. The highest BCUT2D eigenvalue weighted by molar-refractivity contribution is 7.20. The summed E-state index contributed by atoms with van der Waals surface area (Å²) < 4.78 is 10.1. The van der Waals surface area contributed by atoms with E-state index >= 15 is 0 Å². The molecule has 0 bridgehead atoms. The average molecular weight is 611 g/mol. The van der Waals surface area contributed by atoms with E-state index in [1.165, 1.54) is 53.1 Å². The summed E-state index contributed by atoms with van der Waals surface area (Å²) in [6.45, 7) is 2.22. The van der Waals surface area contributed by atoms with Gasteiger partial charge in [0.25, 0.3) is 0 Å². The molecule has 0 amide bonds. The van der Waals surface area contributed by atoms with Gasteiger partial charge in [0.05, 0.1) is 22.4 Å². The Balaban J connectivity index is 1.14. The van der Waals surface area contributed by atoms with Gasteiger partial charge >= 0.3 is 0 Å². The fraction of sp³-hybridized carbons (Fsp3) is 0.0476. The SMILES string of the molecule is Cc1c(/C=C(\C2=COC(c3ccc(-n4c5ccccc5c5ccccc54)c4ccccc34)N2)c2ccccc2)sc2ccccc12. The second kappa shape index (κ2) is 10.8. The van der Waals surface area contributed by atoms with E-state index in [1.807, 2.05) is 17.6 Å². The summed E-state index contributed by atoms with van der Waals surface area (Å²) in [6.07, 6.45) is 3.88. The minimum absolute atomic E-state index is 0.317. The first-order valence-electron chi connectivity index (χ1n) is 15.6. The summed E-state index contributed by atoms with van der Waals surface area (Å²) in [5, 5.41) is 9.93. The highest BCUT2D eigenvalue weighted by atomic mass is 32.1. The number of nitrogens with zero attached hydrogens (tertiary/aromatic N) is 1. The van der Waals surface area contributed by atoms with Crippen LogP contribution in [0.25, 0.3) is 60.0 Å². The van der Waals surface area contributed by atoms with Gasteiger partial charge in [-0.3, -0.25) is 0 Å². The number of aromatic nitrogens is 1. The Morgan fingerprint density at radius 1 is 0.652 bits per heavy atom. The Bertz CT molecular complexity index is 2450. The molecule has 0 aliphatic carbocycles. The molecule has 1 atom stereocenters. The number of benzene rings is 6. The molecule has 1 unspecified atom stereocenters. The molecule has 0 spiro atoms. The standard InChI is InChI=1S/C42H30N2OS/c1-27-29-15-9-12-22-40(29)46-41(27)25-35(28-13-3-2-4-14-28)36-26-45-42(43-36)34-23-24-39(31-17-6-5-16-30(31)34)44-37-20-10-7-18-32(37)33-19-8-11-21-38(33)44/h2-26,42-43H,1H3/b35-25-. The molecule has 220 valence electrons. The Hall–Kier alpha value is -5.58. The molecular formula is C42H30N2OS. The van der Waals surface area contributed by atoms with Gasteiger partial charge in [-0.25, -0.2) is 0 Å². The normalized spacial score (nSPS) is 15.0. The van der Waals surface area contributed by atoms with Crippen molar-refractivity contribution in [2.75, 3.05) is 0 Å². The van der Waals surface area contributed by atoms with Gasteiger partial charge in [0, 0.05) is 36.9 Å². The molecule has 9 rings (SSSR count). The van der Waals surface area contributed by atoms with Gasteiger partial charge in [-0.2, -0.15) is 0 Å². The van der Waals surface area contributed by atoms with E-state index < -0.39 is 0 Å². The van der Waals surface area contributed by atoms with Crippen molar-refractivity contribution in [1.29, 1.82) is 0 Å². The zero-order valence-electron chi connectivity index (χ0n) is 25.3. The number of rotatable bonds is 5. The minimum Gasteiger partial charge on any atom is -0.472 e. The molecule has 2 aromatic heterocycles. The summed E-state index contributed by atoms with van der Waals surface area (Å²) in [5.74, 6) is 0. The van der Waals surface area contributed by atoms with Crippen LogP contribution in [-0.2, 0) is 4.74 Å². The molecule has 0 saturated carbocycles. The molecule has 0 saturated heterocycles. The van der Waals surface area contributed by atoms with E-state index in [4.69, 9.17) is 4.74 Å². The lowest BCUT2D eigenvalue weighted by atomic mass is 9.99.